The molecule has 0 amide bonds. The Morgan fingerprint density at radius 3 is 2.54 bits per heavy atom. The van der Waals surface area contributed by atoms with Gasteiger partial charge in [0.25, 0.3) is 0 Å². The number of hydrogen-bond donors (Lipinski definition) is 1. The first-order valence-corrected chi connectivity index (χ1v) is 12.5. The minimum atomic E-state index is -1.38. The average Bonchev–Trinajstić information content (AvgIpc) is 2.92. The number of piperidine rings is 3. The number of ether oxygens (including phenoxy) is 1. The molecular weight excluding hydrogens is 484 g/mol. The molecule has 37 heavy (non-hydrogen) atoms. The maximum Gasteiger partial charge on any atom is 0.171 e. The van der Waals surface area contributed by atoms with E-state index in [2.05, 4.69) is 11.6 Å². The summed E-state index contributed by atoms with van der Waals surface area (Å²) in [6.07, 6.45) is 3.72. The second-order valence-corrected chi connectivity index (χ2v) is 10.8. The number of pyridine rings is 1. The van der Waals surface area contributed by atoms with Crippen LogP contribution in [-0.4, -0.2) is 40.3 Å². The lowest BCUT2D eigenvalue weighted by atomic mass is 9.64. The number of benzene rings is 2. The van der Waals surface area contributed by atoms with Gasteiger partial charge in [-0.3, -0.25) is 4.98 Å². The van der Waals surface area contributed by atoms with Crippen LogP contribution < -0.4 is 4.74 Å². The molecule has 196 valence electrons. The lowest BCUT2D eigenvalue weighted by Crippen LogP contribution is -2.74. The van der Waals surface area contributed by atoms with E-state index in [0.29, 0.717) is 41.7 Å². The molecule has 4 nitrogen and oxygen atoms in total. The maximum absolute atomic E-state index is 15.1. The predicted molar refractivity (Wildman–Crippen MR) is 133 cm³/mol. The monoisotopic (exact) mass is 515 g/mol. The largest absolute Gasteiger partial charge is 0.497 e. The van der Waals surface area contributed by atoms with Crippen molar-refractivity contribution in [2.75, 3.05) is 20.2 Å². The Morgan fingerprint density at radius 2 is 1.89 bits per heavy atom. The van der Waals surface area contributed by atoms with Crippen LogP contribution in [0.2, 0.25) is 0 Å². The number of aromatic nitrogens is 1. The highest BCUT2D eigenvalue weighted by Crippen LogP contribution is 2.55. The van der Waals surface area contributed by atoms with Gasteiger partial charge >= 0.3 is 0 Å². The number of aliphatic hydroxyl groups is 1. The van der Waals surface area contributed by atoms with Gasteiger partial charge in [-0.25, -0.2) is 17.6 Å². The molecule has 1 N–H and O–H groups in total. The summed E-state index contributed by atoms with van der Waals surface area (Å²) in [6.45, 7) is 7.56. The third-order valence-corrected chi connectivity index (χ3v) is 9.06. The molecule has 2 bridgehead atoms. The van der Waals surface area contributed by atoms with Crippen molar-refractivity contribution in [2.24, 2.45) is 11.8 Å². The third-order valence-electron chi connectivity index (χ3n) is 9.06. The van der Waals surface area contributed by atoms with Crippen molar-refractivity contribution in [3.63, 3.8) is 0 Å². The number of hydrogen-bond acceptors (Lipinski definition) is 3. The molecule has 4 heterocycles. The Labute approximate surface area is 213 Å². The fourth-order valence-corrected chi connectivity index (χ4v) is 6.75. The maximum atomic E-state index is 15.1. The van der Waals surface area contributed by atoms with Gasteiger partial charge in [0.05, 0.1) is 31.3 Å². The van der Waals surface area contributed by atoms with E-state index in [1.54, 1.807) is 31.5 Å². The standard InChI is InChI=1S/C29H31F4N2O2/c1-5-17-14-35(15-22-26(32)24(30)16(2)25(31)27(22)33)11-9-18(17)13-29(35,3)28(36)20-8-10-34-23-7-6-19(37-4)12-21(20)23/h5-8,10,12,17-18,28,36H,1,9,11,13-15H2,2-4H3/q+1/t17?,18?,28-,29+,35?/m1/s1. The predicted octanol–water partition coefficient (Wildman–Crippen LogP) is 6.14. The first kappa shape index (κ1) is 25.7. The van der Waals surface area contributed by atoms with Crippen LogP contribution in [-0.2, 0) is 6.54 Å². The molecule has 3 aromatic rings. The van der Waals surface area contributed by atoms with E-state index in [1.807, 2.05) is 19.1 Å². The van der Waals surface area contributed by atoms with E-state index in [-0.39, 0.29) is 22.9 Å². The van der Waals surface area contributed by atoms with E-state index in [1.165, 1.54) is 0 Å². The average molecular weight is 516 g/mol. The summed E-state index contributed by atoms with van der Waals surface area (Å²) in [4.78, 5) is 4.41. The van der Waals surface area contributed by atoms with Gasteiger partial charge in [0.15, 0.2) is 23.3 Å². The zero-order valence-corrected chi connectivity index (χ0v) is 21.2. The molecule has 3 saturated heterocycles. The second kappa shape index (κ2) is 9.10. The van der Waals surface area contributed by atoms with Crippen LogP contribution in [0, 0.1) is 42.0 Å². The third kappa shape index (κ3) is 3.76. The molecule has 0 aliphatic carbocycles. The molecule has 2 aromatic carbocycles. The Hall–Kier alpha value is -2.97. The van der Waals surface area contributed by atoms with Crippen LogP contribution >= 0.6 is 0 Å². The minimum Gasteiger partial charge on any atom is -0.497 e. The quantitative estimate of drug-likeness (QED) is 0.186. The molecule has 3 fully saturated rings. The summed E-state index contributed by atoms with van der Waals surface area (Å²) in [5, 5.41) is 12.7. The number of nitrogens with zero attached hydrogens (tertiary/aromatic N) is 2. The molecule has 8 heteroatoms. The van der Waals surface area contributed by atoms with Crippen molar-refractivity contribution in [3.8, 4) is 5.75 Å². The topological polar surface area (TPSA) is 42.4 Å². The first-order valence-electron chi connectivity index (χ1n) is 12.5. The van der Waals surface area contributed by atoms with E-state index >= 15 is 8.78 Å². The summed E-state index contributed by atoms with van der Waals surface area (Å²) >= 11 is 0. The van der Waals surface area contributed by atoms with E-state index in [4.69, 9.17) is 4.74 Å². The zero-order valence-electron chi connectivity index (χ0n) is 21.2. The van der Waals surface area contributed by atoms with Crippen molar-refractivity contribution in [2.45, 2.75) is 44.9 Å². The lowest BCUT2D eigenvalue weighted by Gasteiger charge is -2.63. The van der Waals surface area contributed by atoms with Crippen LogP contribution in [0.4, 0.5) is 17.6 Å². The molecule has 1 aromatic heterocycles. The fourth-order valence-electron chi connectivity index (χ4n) is 6.75. The minimum absolute atomic E-state index is 0.0505. The SMILES string of the molecule is C=CC1C[N+]2(Cc3c(F)c(F)c(C)c(F)c3F)CCC1C[C@@]2(C)[C@H](O)c1ccnc2ccc(OC)cc12. The van der Waals surface area contributed by atoms with Crippen molar-refractivity contribution < 1.29 is 31.9 Å². The fraction of sp³-hybridized carbons (Fsp3) is 0.414. The van der Waals surface area contributed by atoms with E-state index in [9.17, 15) is 13.9 Å². The highest BCUT2D eigenvalue weighted by Gasteiger charge is 2.62. The van der Waals surface area contributed by atoms with Gasteiger partial charge in [0.1, 0.15) is 23.9 Å². The van der Waals surface area contributed by atoms with Crippen molar-refractivity contribution in [3.05, 3.63) is 83.1 Å². The highest BCUT2D eigenvalue weighted by atomic mass is 19.2. The summed E-state index contributed by atoms with van der Waals surface area (Å²) in [7, 11) is 1.55. The Kier molecular flexibility index (Phi) is 6.31. The van der Waals surface area contributed by atoms with Gasteiger partial charge < -0.3 is 14.3 Å². The number of rotatable bonds is 6. The van der Waals surface area contributed by atoms with Gasteiger partial charge in [-0.15, -0.1) is 6.58 Å². The smallest absolute Gasteiger partial charge is 0.171 e. The Morgan fingerprint density at radius 1 is 1.19 bits per heavy atom. The second-order valence-electron chi connectivity index (χ2n) is 10.8. The molecule has 3 aliphatic heterocycles. The molecular formula is C29H31F4N2O2+. The summed E-state index contributed by atoms with van der Waals surface area (Å²) < 4.78 is 64.8. The number of fused-ring (bicyclic) bond motifs is 4. The van der Waals surface area contributed by atoms with Crippen molar-refractivity contribution in [1.82, 2.24) is 4.98 Å². The van der Waals surface area contributed by atoms with Crippen molar-refractivity contribution >= 4 is 10.9 Å². The summed E-state index contributed by atoms with van der Waals surface area (Å²) in [6, 6.07) is 7.14. The van der Waals surface area contributed by atoms with Crippen molar-refractivity contribution in [1.29, 1.82) is 0 Å². The highest BCUT2D eigenvalue weighted by molar-refractivity contribution is 5.84. The van der Waals surface area contributed by atoms with Gasteiger partial charge in [-0.2, -0.15) is 0 Å². The van der Waals surface area contributed by atoms with E-state index in [0.717, 1.165) is 13.3 Å². The summed E-state index contributed by atoms with van der Waals surface area (Å²) in [5.41, 5.74) is -0.916. The van der Waals surface area contributed by atoms with E-state index < -0.39 is 46.0 Å². The molecule has 0 spiro atoms. The Balaban J connectivity index is 1.67. The molecule has 3 unspecified atom stereocenters. The van der Waals surface area contributed by atoms with Gasteiger partial charge in [0.2, 0.25) is 0 Å². The lowest BCUT2D eigenvalue weighted by molar-refractivity contribution is -1.01. The first-order chi connectivity index (χ1) is 17.6. The summed E-state index contributed by atoms with van der Waals surface area (Å²) in [5.74, 6) is -4.63. The molecule has 0 saturated carbocycles. The van der Waals surface area contributed by atoms with Crippen LogP contribution in [0.5, 0.6) is 5.75 Å². The zero-order chi connectivity index (χ0) is 26.7. The van der Waals surface area contributed by atoms with Crippen LogP contribution in [0.25, 0.3) is 10.9 Å². The Bertz CT molecular complexity index is 1370. The van der Waals surface area contributed by atoms with Crippen LogP contribution in [0.3, 0.4) is 0 Å². The number of quaternary nitrogens is 1. The van der Waals surface area contributed by atoms with Gasteiger partial charge in [0, 0.05) is 35.9 Å². The van der Waals surface area contributed by atoms with Crippen LogP contribution in [0.1, 0.15) is 42.6 Å². The van der Waals surface area contributed by atoms with Crippen LogP contribution in [0.15, 0.2) is 43.1 Å². The molecule has 0 radical (unpaired) electrons. The molecule has 3 aliphatic rings. The molecule has 5 atom stereocenters. The number of methoxy groups -OCH3 is 1. The van der Waals surface area contributed by atoms with Gasteiger partial charge in [-0.05, 0) is 49.6 Å². The molecule has 6 rings (SSSR count). The number of halogens is 4. The number of aliphatic hydroxyl groups excluding tert-OH is 1. The van der Waals surface area contributed by atoms with Gasteiger partial charge in [-0.1, -0.05) is 6.08 Å². The normalized spacial score (nSPS) is 27.9.